The number of likely N-dealkylation sites (tertiary alicyclic amines) is 1. The van der Waals surface area contributed by atoms with Crippen LogP contribution in [0.15, 0.2) is 0 Å². The summed E-state index contributed by atoms with van der Waals surface area (Å²) in [6.07, 6.45) is 5.20. The van der Waals surface area contributed by atoms with Gasteiger partial charge in [0, 0.05) is 19.1 Å². The molecule has 0 saturated carbocycles. The van der Waals surface area contributed by atoms with Crippen LogP contribution in [0.5, 0.6) is 0 Å². The van der Waals surface area contributed by atoms with Crippen LogP contribution in [0.25, 0.3) is 0 Å². The van der Waals surface area contributed by atoms with Gasteiger partial charge in [0.25, 0.3) is 0 Å². The second kappa shape index (κ2) is 7.25. The minimum Gasteiger partial charge on any atom is -0.329 e. The Morgan fingerprint density at radius 3 is 2.38 bits per heavy atom. The van der Waals surface area contributed by atoms with Crippen molar-refractivity contribution >= 4 is 0 Å². The first-order chi connectivity index (χ1) is 7.67. The van der Waals surface area contributed by atoms with Crippen LogP contribution in [0.2, 0.25) is 0 Å². The van der Waals surface area contributed by atoms with Gasteiger partial charge in [-0.3, -0.25) is 4.90 Å². The smallest absolute Gasteiger partial charge is 0.0218 e. The van der Waals surface area contributed by atoms with Crippen molar-refractivity contribution in [3.05, 3.63) is 0 Å². The normalized spacial score (nSPS) is 21.6. The molecule has 1 unspecified atom stereocenters. The minimum absolute atomic E-state index is 0.630. The number of piperidine rings is 1. The molecule has 0 aromatic rings. The molecule has 3 heteroatoms. The van der Waals surface area contributed by atoms with E-state index >= 15 is 0 Å². The van der Waals surface area contributed by atoms with Crippen molar-refractivity contribution in [1.29, 1.82) is 0 Å². The topological polar surface area (TPSA) is 32.5 Å². The zero-order valence-electron chi connectivity index (χ0n) is 11.3. The largest absolute Gasteiger partial charge is 0.329 e. The zero-order valence-corrected chi connectivity index (χ0v) is 11.3. The molecule has 0 amide bonds. The molecule has 0 bridgehead atoms. The van der Waals surface area contributed by atoms with Gasteiger partial charge in [0.15, 0.2) is 0 Å². The van der Waals surface area contributed by atoms with Crippen LogP contribution in [0.3, 0.4) is 0 Å². The third-order valence-electron chi connectivity index (χ3n) is 3.68. The molecule has 96 valence electrons. The highest BCUT2D eigenvalue weighted by molar-refractivity contribution is 4.79. The summed E-state index contributed by atoms with van der Waals surface area (Å²) in [5, 5.41) is 0. The monoisotopic (exact) mass is 227 g/mol. The summed E-state index contributed by atoms with van der Waals surface area (Å²) in [6, 6.07) is 0.630. The van der Waals surface area contributed by atoms with Gasteiger partial charge in [-0.15, -0.1) is 0 Å². The highest BCUT2D eigenvalue weighted by Crippen LogP contribution is 2.20. The van der Waals surface area contributed by atoms with Gasteiger partial charge in [-0.05, 0) is 52.4 Å². The minimum atomic E-state index is 0.630. The van der Waals surface area contributed by atoms with E-state index in [-0.39, 0.29) is 0 Å². The summed E-state index contributed by atoms with van der Waals surface area (Å²) in [6.45, 7) is 6.82. The Labute approximate surface area is 101 Å². The fourth-order valence-corrected chi connectivity index (χ4v) is 2.80. The zero-order chi connectivity index (χ0) is 12.0. The maximum Gasteiger partial charge on any atom is 0.0218 e. The number of hydrogen-bond acceptors (Lipinski definition) is 3. The summed E-state index contributed by atoms with van der Waals surface area (Å²) >= 11 is 0. The van der Waals surface area contributed by atoms with E-state index in [1.807, 2.05) is 0 Å². The summed E-state index contributed by atoms with van der Waals surface area (Å²) < 4.78 is 0. The van der Waals surface area contributed by atoms with Gasteiger partial charge in [0.2, 0.25) is 0 Å². The van der Waals surface area contributed by atoms with E-state index in [1.165, 1.54) is 45.3 Å². The Morgan fingerprint density at radius 2 is 1.94 bits per heavy atom. The number of hydrogen-bond donors (Lipinski definition) is 1. The Bertz CT molecular complexity index is 174. The second-order valence-electron chi connectivity index (χ2n) is 5.42. The molecule has 2 N–H and O–H groups in total. The van der Waals surface area contributed by atoms with E-state index in [0.717, 1.165) is 12.5 Å². The van der Waals surface area contributed by atoms with Gasteiger partial charge < -0.3 is 10.6 Å². The van der Waals surface area contributed by atoms with E-state index in [4.69, 9.17) is 5.73 Å². The van der Waals surface area contributed by atoms with Crippen molar-refractivity contribution in [2.24, 2.45) is 11.7 Å². The fraction of sp³-hybridized carbons (Fsp3) is 1.00. The first kappa shape index (κ1) is 13.9. The first-order valence-corrected chi connectivity index (χ1v) is 6.76. The summed E-state index contributed by atoms with van der Waals surface area (Å²) in [5.74, 6) is 0.895. The standard InChI is InChI=1S/C13H29N3/c1-4-5-13(10-14)16-8-6-12(7-9-16)11-15(2)3/h12-13H,4-11,14H2,1-3H3. The third-order valence-corrected chi connectivity index (χ3v) is 3.68. The summed E-state index contributed by atoms with van der Waals surface area (Å²) in [7, 11) is 4.35. The molecule has 1 rings (SSSR count). The molecule has 1 fully saturated rings. The van der Waals surface area contributed by atoms with Crippen LogP contribution >= 0.6 is 0 Å². The van der Waals surface area contributed by atoms with Crippen molar-refractivity contribution in [2.45, 2.75) is 38.6 Å². The Hall–Kier alpha value is -0.120. The third kappa shape index (κ3) is 4.40. The number of nitrogens with two attached hydrogens (primary N) is 1. The Kier molecular flexibility index (Phi) is 6.32. The van der Waals surface area contributed by atoms with Crippen LogP contribution in [0.4, 0.5) is 0 Å². The molecule has 16 heavy (non-hydrogen) atoms. The fourth-order valence-electron chi connectivity index (χ4n) is 2.80. The van der Waals surface area contributed by atoms with E-state index in [1.54, 1.807) is 0 Å². The average molecular weight is 227 g/mol. The molecule has 0 aromatic heterocycles. The van der Waals surface area contributed by atoms with Crippen LogP contribution in [0.1, 0.15) is 32.6 Å². The lowest BCUT2D eigenvalue weighted by Crippen LogP contribution is -2.46. The van der Waals surface area contributed by atoms with Gasteiger partial charge in [-0.1, -0.05) is 13.3 Å². The van der Waals surface area contributed by atoms with Crippen LogP contribution in [-0.2, 0) is 0 Å². The van der Waals surface area contributed by atoms with Crippen molar-refractivity contribution < 1.29 is 0 Å². The summed E-state index contributed by atoms with van der Waals surface area (Å²) in [5.41, 5.74) is 5.86. The molecule has 0 spiro atoms. The van der Waals surface area contributed by atoms with Crippen LogP contribution in [-0.4, -0.2) is 56.1 Å². The van der Waals surface area contributed by atoms with E-state index < -0.39 is 0 Å². The molecule has 1 atom stereocenters. The van der Waals surface area contributed by atoms with Crippen LogP contribution in [0, 0.1) is 5.92 Å². The predicted molar refractivity (Wildman–Crippen MR) is 70.6 cm³/mol. The molecule has 3 nitrogen and oxygen atoms in total. The van der Waals surface area contributed by atoms with Gasteiger partial charge in [0.05, 0.1) is 0 Å². The molecule has 0 radical (unpaired) electrons. The van der Waals surface area contributed by atoms with Crippen LogP contribution < -0.4 is 5.73 Å². The van der Waals surface area contributed by atoms with Gasteiger partial charge >= 0.3 is 0 Å². The highest BCUT2D eigenvalue weighted by Gasteiger charge is 2.23. The summed E-state index contributed by atoms with van der Waals surface area (Å²) in [4.78, 5) is 4.92. The molecule has 1 aliphatic rings. The quantitative estimate of drug-likeness (QED) is 0.744. The molecular formula is C13H29N3. The van der Waals surface area contributed by atoms with Crippen molar-refractivity contribution in [3.63, 3.8) is 0 Å². The lowest BCUT2D eigenvalue weighted by molar-refractivity contribution is 0.117. The van der Waals surface area contributed by atoms with Gasteiger partial charge in [0.1, 0.15) is 0 Å². The van der Waals surface area contributed by atoms with Crippen molar-refractivity contribution in [1.82, 2.24) is 9.80 Å². The van der Waals surface area contributed by atoms with Crippen molar-refractivity contribution in [2.75, 3.05) is 40.3 Å². The maximum atomic E-state index is 5.86. The Balaban J connectivity index is 2.29. The predicted octanol–water partition coefficient (Wildman–Crippen LogP) is 1.39. The molecule has 1 aliphatic heterocycles. The molecule has 1 heterocycles. The van der Waals surface area contributed by atoms with Gasteiger partial charge in [-0.25, -0.2) is 0 Å². The number of nitrogens with zero attached hydrogens (tertiary/aromatic N) is 2. The van der Waals surface area contributed by atoms with Crippen molar-refractivity contribution in [3.8, 4) is 0 Å². The van der Waals surface area contributed by atoms with Gasteiger partial charge in [-0.2, -0.15) is 0 Å². The average Bonchev–Trinajstić information content (AvgIpc) is 2.26. The van der Waals surface area contributed by atoms with E-state index in [2.05, 4.69) is 30.8 Å². The number of rotatable bonds is 6. The highest BCUT2D eigenvalue weighted by atomic mass is 15.2. The lowest BCUT2D eigenvalue weighted by Gasteiger charge is -2.37. The first-order valence-electron chi connectivity index (χ1n) is 6.76. The second-order valence-corrected chi connectivity index (χ2v) is 5.42. The Morgan fingerprint density at radius 1 is 1.31 bits per heavy atom. The SMILES string of the molecule is CCCC(CN)N1CCC(CN(C)C)CC1. The van der Waals surface area contributed by atoms with E-state index in [9.17, 15) is 0 Å². The molecule has 0 aromatic carbocycles. The molecular weight excluding hydrogens is 198 g/mol. The molecule has 0 aliphatic carbocycles. The lowest BCUT2D eigenvalue weighted by atomic mass is 9.94. The molecule has 1 saturated heterocycles. The van der Waals surface area contributed by atoms with E-state index in [0.29, 0.717) is 6.04 Å². The maximum absolute atomic E-state index is 5.86.